The first kappa shape index (κ1) is 27.1. The summed E-state index contributed by atoms with van der Waals surface area (Å²) in [6, 6.07) is 8.17. The Balaban J connectivity index is 1.60. The van der Waals surface area contributed by atoms with Gasteiger partial charge in [0.15, 0.2) is 35.1 Å². The summed E-state index contributed by atoms with van der Waals surface area (Å²) in [5.74, 6) is -1.33. The molecule has 0 saturated heterocycles. The average Bonchev–Trinajstić information content (AvgIpc) is 2.90. The molecule has 0 spiro atoms. The molecule has 4 aromatic rings. The van der Waals surface area contributed by atoms with Crippen molar-refractivity contribution in [1.29, 1.82) is 0 Å². The van der Waals surface area contributed by atoms with E-state index in [1.54, 1.807) is 12.1 Å². The van der Waals surface area contributed by atoms with Crippen LogP contribution in [-0.2, 0) is 0 Å². The van der Waals surface area contributed by atoms with Gasteiger partial charge in [0, 0.05) is 54.3 Å². The van der Waals surface area contributed by atoms with Crippen LogP contribution < -0.4 is 29.6 Å². The summed E-state index contributed by atoms with van der Waals surface area (Å²) in [4.78, 5) is 8.21. The quantitative estimate of drug-likeness (QED) is 0.135. The number of hydrogen-bond acceptors (Lipinski definition) is 9. The molecule has 200 valence electrons. The molecular formula is C26H25ClF2N4O5. The summed E-state index contributed by atoms with van der Waals surface area (Å²) in [5.41, 5.74) is 0.668. The third-order valence-corrected chi connectivity index (χ3v) is 5.69. The zero-order valence-corrected chi connectivity index (χ0v) is 21.5. The first-order valence-electron chi connectivity index (χ1n) is 11.4. The lowest BCUT2D eigenvalue weighted by atomic mass is 10.1. The first-order chi connectivity index (χ1) is 18.3. The third-order valence-electron chi connectivity index (χ3n) is 5.49. The summed E-state index contributed by atoms with van der Waals surface area (Å²) < 4.78 is 52.0. The van der Waals surface area contributed by atoms with Crippen LogP contribution >= 0.6 is 11.6 Å². The molecule has 0 saturated carbocycles. The van der Waals surface area contributed by atoms with Crippen molar-refractivity contribution in [3.63, 3.8) is 0 Å². The van der Waals surface area contributed by atoms with Crippen molar-refractivity contribution in [2.24, 2.45) is 0 Å². The molecule has 2 heterocycles. The van der Waals surface area contributed by atoms with Crippen LogP contribution in [0.15, 0.2) is 48.8 Å². The van der Waals surface area contributed by atoms with Gasteiger partial charge in [-0.1, -0.05) is 11.6 Å². The van der Waals surface area contributed by atoms with Crippen molar-refractivity contribution in [2.45, 2.75) is 6.23 Å². The molecule has 1 unspecified atom stereocenters. The van der Waals surface area contributed by atoms with Gasteiger partial charge in [0.25, 0.3) is 0 Å². The lowest BCUT2D eigenvalue weighted by Gasteiger charge is -2.18. The molecule has 2 aromatic carbocycles. The van der Waals surface area contributed by atoms with Crippen molar-refractivity contribution in [1.82, 2.24) is 15.3 Å². The van der Waals surface area contributed by atoms with Crippen LogP contribution in [0.2, 0.25) is 5.15 Å². The number of ether oxygens (including phenoxy) is 4. The minimum Gasteiger partial charge on any atom is -0.496 e. The van der Waals surface area contributed by atoms with Crippen LogP contribution in [0.4, 0.5) is 14.5 Å². The number of likely N-dealkylation sites (N-methyl/N-ethyl adjacent to an activating group) is 1. The number of hydrogen-bond donors (Lipinski definition) is 3. The molecule has 0 bridgehead atoms. The fraction of sp³-hybridized carbons (Fsp3) is 0.231. The van der Waals surface area contributed by atoms with Crippen LogP contribution in [0.3, 0.4) is 0 Å². The highest BCUT2D eigenvalue weighted by atomic mass is 35.5. The van der Waals surface area contributed by atoms with E-state index in [1.165, 1.54) is 38.7 Å². The molecule has 3 N–H and O–H groups in total. The fourth-order valence-corrected chi connectivity index (χ4v) is 3.79. The van der Waals surface area contributed by atoms with Crippen molar-refractivity contribution < 1.29 is 32.8 Å². The summed E-state index contributed by atoms with van der Waals surface area (Å²) >= 11 is 5.85. The zero-order chi connectivity index (χ0) is 27.2. The molecular weight excluding hydrogens is 522 g/mol. The predicted molar refractivity (Wildman–Crippen MR) is 139 cm³/mol. The largest absolute Gasteiger partial charge is 0.496 e. The number of nitrogens with one attached hydrogen (secondary N) is 2. The molecule has 0 amide bonds. The molecule has 4 rings (SSSR count). The summed E-state index contributed by atoms with van der Waals surface area (Å²) in [6.07, 6.45) is 1.36. The maximum Gasteiger partial charge on any atom is 0.198 e. The van der Waals surface area contributed by atoms with Gasteiger partial charge in [-0.25, -0.2) is 13.8 Å². The van der Waals surface area contributed by atoms with E-state index in [0.29, 0.717) is 35.6 Å². The number of nitrogens with zero attached hydrogens (tertiary/aromatic N) is 2. The number of fused-ring (bicyclic) bond motifs is 1. The Labute approximate surface area is 222 Å². The molecule has 0 radical (unpaired) electrons. The second-order valence-corrected chi connectivity index (χ2v) is 8.34. The van der Waals surface area contributed by atoms with E-state index in [-0.39, 0.29) is 27.9 Å². The minimum absolute atomic E-state index is 0.0403. The number of benzene rings is 2. The smallest absolute Gasteiger partial charge is 0.198 e. The van der Waals surface area contributed by atoms with Gasteiger partial charge in [-0.05, 0) is 19.2 Å². The minimum atomic E-state index is -1.39. The summed E-state index contributed by atoms with van der Waals surface area (Å²) in [5, 5.41) is 16.8. The molecule has 9 nitrogen and oxygen atoms in total. The highest BCUT2D eigenvalue weighted by Gasteiger charge is 2.20. The molecule has 0 aliphatic rings. The lowest BCUT2D eigenvalue weighted by molar-refractivity contribution is 0.202. The topological polar surface area (TPSA) is 107 Å². The van der Waals surface area contributed by atoms with E-state index in [4.69, 9.17) is 30.5 Å². The normalized spacial score (nSPS) is 11.8. The molecule has 12 heteroatoms. The maximum atomic E-state index is 15.0. The Kier molecular flexibility index (Phi) is 8.62. The van der Waals surface area contributed by atoms with Gasteiger partial charge < -0.3 is 34.7 Å². The van der Waals surface area contributed by atoms with Gasteiger partial charge in [0.2, 0.25) is 0 Å². The van der Waals surface area contributed by atoms with E-state index in [0.717, 1.165) is 12.1 Å². The van der Waals surface area contributed by atoms with E-state index in [2.05, 4.69) is 20.6 Å². The van der Waals surface area contributed by atoms with Gasteiger partial charge >= 0.3 is 0 Å². The SMILES string of the molecule is CNCCOc1cc2nccc(Oc3c(F)cc(NC(O)c4cnc(Cl)cc4OC)cc3F)c2cc1OC. The monoisotopic (exact) mass is 546 g/mol. The third kappa shape index (κ3) is 5.96. The second kappa shape index (κ2) is 12.1. The number of anilines is 1. The molecule has 0 aliphatic carbocycles. The Morgan fingerprint density at radius 1 is 0.974 bits per heavy atom. The number of aliphatic hydroxyl groups is 1. The van der Waals surface area contributed by atoms with Crippen molar-refractivity contribution in [2.75, 3.05) is 39.7 Å². The summed E-state index contributed by atoms with van der Waals surface area (Å²) in [7, 11) is 4.69. The molecule has 0 aliphatic heterocycles. The second-order valence-electron chi connectivity index (χ2n) is 7.95. The molecule has 38 heavy (non-hydrogen) atoms. The molecule has 2 aromatic heterocycles. The highest BCUT2D eigenvalue weighted by molar-refractivity contribution is 6.29. The highest BCUT2D eigenvalue weighted by Crippen LogP contribution is 2.39. The van der Waals surface area contributed by atoms with E-state index < -0.39 is 23.6 Å². The number of rotatable bonds is 11. The Bertz CT molecular complexity index is 1420. The van der Waals surface area contributed by atoms with E-state index in [9.17, 15) is 5.11 Å². The van der Waals surface area contributed by atoms with Gasteiger partial charge in [0.05, 0.1) is 25.3 Å². The number of aromatic nitrogens is 2. The van der Waals surface area contributed by atoms with Gasteiger partial charge in [-0.3, -0.25) is 4.98 Å². The van der Waals surface area contributed by atoms with E-state index >= 15 is 8.78 Å². The van der Waals surface area contributed by atoms with Crippen molar-refractivity contribution >= 4 is 28.2 Å². The molecule has 1 atom stereocenters. The van der Waals surface area contributed by atoms with Gasteiger partial charge in [-0.2, -0.15) is 0 Å². The average molecular weight is 547 g/mol. The van der Waals surface area contributed by atoms with Crippen LogP contribution in [0.5, 0.6) is 28.7 Å². The predicted octanol–water partition coefficient (Wildman–Crippen LogP) is 5.07. The number of aliphatic hydroxyl groups excluding tert-OH is 1. The standard InChI is InChI=1S/C26H25ClF2N4O5/c1-30-6-7-37-23-11-19-15(10-22(23)36-3)20(4-5-31-19)38-25-17(28)8-14(9-18(25)29)33-26(34)16-13-32-24(27)12-21(16)35-2/h4-5,8-13,26,30,33-34H,6-7H2,1-3H3. The maximum absolute atomic E-state index is 15.0. The number of methoxy groups -OCH3 is 2. The van der Waals surface area contributed by atoms with Crippen LogP contribution in [0, 0.1) is 11.6 Å². The zero-order valence-electron chi connectivity index (χ0n) is 20.7. The number of halogens is 3. The summed E-state index contributed by atoms with van der Waals surface area (Å²) in [6.45, 7) is 1.03. The van der Waals surface area contributed by atoms with Gasteiger partial charge in [-0.15, -0.1) is 0 Å². The van der Waals surface area contributed by atoms with Crippen LogP contribution in [0.25, 0.3) is 10.9 Å². The molecule has 0 fully saturated rings. The number of pyridine rings is 2. The van der Waals surface area contributed by atoms with E-state index in [1.807, 2.05) is 7.05 Å². The fourth-order valence-electron chi connectivity index (χ4n) is 3.64. The van der Waals surface area contributed by atoms with Crippen LogP contribution in [-0.4, -0.2) is 49.5 Å². The van der Waals surface area contributed by atoms with Crippen molar-refractivity contribution in [3.05, 3.63) is 71.1 Å². The Morgan fingerprint density at radius 3 is 2.39 bits per heavy atom. The van der Waals surface area contributed by atoms with Gasteiger partial charge in [0.1, 0.15) is 23.3 Å². The Morgan fingerprint density at radius 2 is 1.71 bits per heavy atom. The lowest BCUT2D eigenvalue weighted by Crippen LogP contribution is -2.16. The van der Waals surface area contributed by atoms with Crippen molar-refractivity contribution in [3.8, 4) is 28.7 Å². The first-order valence-corrected chi connectivity index (χ1v) is 11.8. The van der Waals surface area contributed by atoms with Crippen LogP contribution in [0.1, 0.15) is 11.8 Å². The Hall–Kier alpha value is -3.93.